The van der Waals surface area contributed by atoms with Crippen LogP contribution in [0.15, 0.2) is 47.5 Å². The van der Waals surface area contributed by atoms with Crippen molar-refractivity contribution >= 4 is 12.1 Å². The largest absolute Gasteiger partial charge is 0.506 e. The quantitative estimate of drug-likeness (QED) is 0.428. The number of hydrogen-bond acceptors (Lipinski definition) is 6. The smallest absolute Gasteiger partial charge is 0.175 e. The van der Waals surface area contributed by atoms with Crippen LogP contribution in [0.2, 0.25) is 0 Å². The molecule has 2 aromatic carbocycles. The molecule has 0 fully saturated rings. The Kier molecular flexibility index (Phi) is 8.29. The van der Waals surface area contributed by atoms with Gasteiger partial charge < -0.3 is 25.0 Å². The molecule has 6 nitrogen and oxygen atoms in total. The van der Waals surface area contributed by atoms with Crippen molar-refractivity contribution < 1.29 is 19.7 Å². The third kappa shape index (κ3) is 6.87. The molecule has 2 aromatic rings. The number of aliphatic hydroxyl groups is 1. The summed E-state index contributed by atoms with van der Waals surface area (Å²) in [7, 11) is 1.65. The fourth-order valence-corrected chi connectivity index (χ4v) is 2.68. The number of aliphatic imine (C=N–C) groups is 1. The van der Waals surface area contributed by atoms with Crippen molar-refractivity contribution in [2.24, 2.45) is 4.99 Å². The lowest BCUT2D eigenvalue weighted by Gasteiger charge is -2.18. The molecule has 28 heavy (non-hydrogen) atoms. The summed E-state index contributed by atoms with van der Waals surface area (Å²) in [6.45, 7) is 6.26. The predicted molar refractivity (Wildman–Crippen MR) is 112 cm³/mol. The molecule has 2 atom stereocenters. The van der Waals surface area contributed by atoms with Gasteiger partial charge in [-0.05, 0) is 62.6 Å². The Balaban J connectivity index is 1.90. The molecule has 0 aliphatic heterocycles. The highest BCUT2D eigenvalue weighted by Crippen LogP contribution is 2.29. The van der Waals surface area contributed by atoms with Gasteiger partial charge in [0.1, 0.15) is 17.2 Å². The number of phenols is 1. The molecule has 0 amide bonds. The summed E-state index contributed by atoms with van der Waals surface area (Å²) >= 11 is 0. The van der Waals surface area contributed by atoms with E-state index in [1.54, 1.807) is 19.2 Å². The average molecular weight is 386 g/mol. The minimum atomic E-state index is -0.709. The molecule has 0 aromatic heterocycles. The second-order valence-electron chi connectivity index (χ2n) is 7.04. The molecule has 3 N–H and O–H groups in total. The number of ether oxygens (including phenoxy) is 2. The SMILES string of the molecule is COc1ccc(CC(C)NCC(O)c2ccc(O)c(N=COC(C)C)c2)cc1. The van der Waals surface area contributed by atoms with Gasteiger partial charge in [-0.1, -0.05) is 18.2 Å². The number of phenolic OH excluding ortho intramolecular Hbond substituents is 1. The van der Waals surface area contributed by atoms with Gasteiger partial charge in [-0.25, -0.2) is 4.99 Å². The number of benzene rings is 2. The van der Waals surface area contributed by atoms with Crippen LogP contribution in [0.1, 0.15) is 38.0 Å². The molecule has 152 valence electrons. The summed E-state index contributed by atoms with van der Waals surface area (Å²) < 4.78 is 10.4. The molecule has 0 saturated carbocycles. The van der Waals surface area contributed by atoms with Gasteiger partial charge in [0, 0.05) is 12.6 Å². The maximum absolute atomic E-state index is 10.5. The third-order valence-corrected chi connectivity index (χ3v) is 4.27. The standard InChI is InChI=1S/C22H30N2O4/c1-15(2)28-14-24-20-12-18(7-10-21(20)25)22(26)13-23-16(3)11-17-5-8-19(27-4)9-6-17/h5-10,12,14-16,22-23,25-26H,11,13H2,1-4H3. The highest BCUT2D eigenvalue weighted by Gasteiger charge is 2.12. The first-order chi connectivity index (χ1) is 13.4. The second kappa shape index (κ2) is 10.7. The lowest BCUT2D eigenvalue weighted by molar-refractivity contribution is 0.170. The number of rotatable bonds is 10. The van der Waals surface area contributed by atoms with Crippen molar-refractivity contribution in [3.8, 4) is 11.5 Å². The zero-order valence-corrected chi connectivity index (χ0v) is 16.9. The summed E-state index contributed by atoms with van der Waals surface area (Å²) in [5.41, 5.74) is 2.24. The van der Waals surface area contributed by atoms with Crippen LogP contribution in [0.5, 0.6) is 11.5 Å². The van der Waals surface area contributed by atoms with Gasteiger partial charge in [0.2, 0.25) is 0 Å². The van der Waals surface area contributed by atoms with Crippen LogP contribution >= 0.6 is 0 Å². The van der Waals surface area contributed by atoms with Gasteiger partial charge in [0.15, 0.2) is 6.40 Å². The average Bonchev–Trinajstić information content (AvgIpc) is 2.68. The van der Waals surface area contributed by atoms with Crippen molar-refractivity contribution in [1.29, 1.82) is 0 Å². The van der Waals surface area contributed by atoms with E-state index in [1.807, 2.05) is 38.1 Å². The maximum atomic E-state index is 10.5. The van der Waals surface area contributed by atoms with E-state index in [0.29, 0.717) is 17.8 Å². The van der Waals surface area contributed by atoms with Crippen molar-refractivity contribution in [3.63, 3.8) is 0 Å². The van der Waals surface area contributed by atoms with Gasteiger partial charge in [-0.3, -0.25) is 0 Å². The predicted octanol–water partition coefficient (Wildman–Crippen LogP) is 3.74. The first kappa shape index (κ1) is 21.7. The van der Waals surface area contributed by atoms with E-state index in [4.69, 9.17) is 9.47 Å². The van der Waals surface area contributed by atoms with Gasteiger partial charge in [-0.15, -0.1) is 0 Å². The Morgan fingerprint density at radius 2 is 1.82 bits per heavy atom. The van der Waals surface area contributed by atoms with E-state index in [1.165, 1.54) is 18.0 Å². The molecule has 6 heteroatoms. The molecular formula is C22H30N2O4. The molecule has 2 rings (SSSR count). The molecule has 2 unspecified atom stereocenters. The van der Waals surface area contributed by atoms with E-state index in [0.717, 1.165) is 12.2 Å². The molecule has 0 heterocycles. The highest BCUT2D eigenvalue weighted by atomic mass is 16.5. The van der Waals surface area contributed by atoms with Crippen LogP contribution < -0.4 is 10.1 Å². The Bertz CT molecular complexity index is 760. The van der Waals surface area contributed by atoms with Gasteiger partial charge in [0.05, 0.1) is 19.3 Å². The van der Waals surface area contributed by atoms with Crippen LogP contribution in [0.4, 0.5) is 5.69 Å². The summed E-state index contributed by atoms with van der Waals surface area (Å²) in [5, 5.41) is 23.8. The van der Waals surface area contributed by atoms with Gasteiger partial charge in [0.25, 0.3) is 0 Å². The minimum Gasteiger partial charge on any atom is -0.506 e. The Hall–Kier alpha value is -2.57. The van der Waals surface area contributed by atoms with Gasteiger partial charge in [-0.2, -0.15) is 0 Å². The Labute approximate surface area is 166 Å². The first-order valence-electron chi connectivity index (χ1n) is 9.44. The number of methoxy groups -OCH3 is 1. The topological polar surface area (TPSA) is 83.3 Å². The number of aliphatic hydroxyl groups excluding tert-OH is 1. The van der Waals surface area contributed by atoms with Crippen molar-refractivity contribution in [2.45, 2.75) is 45.4 Å². The number of nitrogens with one attached hydrogen (secondary N) is 1. The van der Waals surface area contributed by atoms with Crippen LogP contribution in [-0.4, -0.2) is 42.4 Å². The fourth-order valence-electron chi connectivity index (χ4n) is 2.68. The van der Waals surface area contributed by atoms with Crippen molar-refractivity contribution in [2.75, 3.05) is 13.7 Å². The number of hydrogen-bond donors (Lipinski definition) is 3. The van der Waals surface area contributed by atoms with Crippen molar-refractivity contribution in [1.82, 2.24) is 5.32 Å². The monoisotopic (exact) mass is 386 g/mol. The Morgan fingerprint density at radius 3 is 2.46 bits per heavy atom. The van der Waals surface area contributed by atoms with E-state index >= 15 is 0 Å². The summed E-state index contributed by atoms with van der Waals surface area (Å²) in [5.74, 6) is 0.879. The summed E-state index contributed by atoms with van der Waals surface area (Å²) in [6, 6.07) is 13.0. The van der Waals surface area contributed by atoms with E-state index in [-0.39, 0.29) is 17.9 Å². The molecule has 0 saturated heterocycles. The summed E-state index contributed by atoms with van der Waals surface area (Å²) in [4.78, 5) is 4.12. The van der Waals surface area contributed by atoms with Crippen LogP contribution in [-0.2, 0) is 11.2 Å². The Morgan fingerprint density at radius 1 is 1.11 bits per heavy atom. The van der Waals surface area contributed by atoms with Crippen LogP contribution in [0, 0.1) is 0 Å². The normalized spacial score (nSPS) is 13.6. The summed E-state index contributed by atoms with van der Waals surface area (Å²) in [6.07, 6.45) is 1.45. The van der Waals surface area contributed by atoms with Gasteiger partial charge >= 0.3 is 0 Å². The molecular weight excluding hydrogens is 356 g/mol. The van der Waals surface area contributed by atoms with E-state index in [9.17, 15) is 10.2 Å². The lowest BCUT2D eigenvalue weighted by atomic mass is 10.1. The van der Waals surface area contributed by atoms with E-state index < -0.39 is 6.10 Å². The first-order valence-corrected chi connectivity index (χ1v) is 9.44. The number of aromatic hydroxyl groups is 1. The molecule has 0 spiro atoms. The molecule has 0 bridgehead atoms. The highest BCUT2D eigenvalue weighted by molar-refractivity contribution is 5.62. The van der Waals surface area contributed by atoms with Crippen molar-refractivity contribution in [3.05, 3.63) is 53.6 Å². The zero-order chi connectivity index (χ0) is 20.5. The third-order valence-electron chi connectivity index (χ3n) is 4.27. The molecule has 0 radical (unpaired) electrons. The molecule has 0 aliphatic carbocycles. The maximum Gasteiger partial charge on any atom is 0.175 e. The number of nitrogens with zero attached hydrogens (tertiary/aromatic N) is 1. The van der Waals surface area contributed by atoms with Crippen LogP contribution in [0.3, 0.4) is 0 Å². The minimum absolute atomic E-state index is 0.0102. The fraction of sp³-hybridized carbons (Fsp3) is 0.409. The lowest BCUT2D eigenvalue weighted by Crippen LogP contribution is -2.32. The second-order valence-corrected chi connectivity index (χ2v) is 7.04. The molecule has 0 aliphatic rings. The van der Waals surface area contributed by atoms with Crippen LogP contribution in [0.25, 0.3) is 0 Å². The zero-order valence-electron chi connectivity index (χ0n) is 16.9. The van der Waals surface area contributed by atoms with E-state index in [2.05, 4.69) is 17.2 Å².